The van der Waals surface area contributed by atoms with Crippen LogP contribution in [0.15, 0.2) is 41.3 Å². The molecule has 2 aromatic rings. The number of quaternary nitrogens is 1. The number of rotatable bonds is 8. The zero-order valence-electron chi connectivity index (χ0n) is 14.6. The predicted octanol–water partition coefficient (Wildman–Crippen LogP) is 1.55. The number of nitro benzene ring substituents is 1. The van der Waals surface area contributed by atoms with Gasteiger partial charge in [0.1, 0.15) is 5.69 Å². The molecule has 0 atom stereocenters. The topological polar surface area (TPSA) is 106 Å². The van der Waals surface area contributed by atoms with Gasteiger partial charge in [-0.25, -0.2) is 17.5 Å². The number of nitrogens with one attached hydrogen (secondary N) is 3. The highest BCUT2D eigenvalue weighted by Crippen LogP contribution is 2.32. The lowest BCUT2D eigenvalue weighted by molar-refractivity contribution is -0.856. The van der Waals surface area contributed by atoms with Crippen molar-refractivity contribution in [3.05, 3.63) is 57.4 Å². The van der Waals surface area contributed by atoms with E-state index in [9.17, 15) is 22.9 Å². The smallest absolute Gasteiger partial charge is 0.294 e. The maximum Gasteiger partial charge on any atom is 0.294 e. The van der Waals surface area contributed by atoms with Crippen molar-refractivity contribution in [2.45, 2.75) is 4.90 Å². The molecule has 0 saturated heterocycles. The van der Waals surface area contributed by atoms with Crippen LogP contribution in [0, 0.1) is 15.9 Å². The van der Waals surface area contributed by atoms with E-state index in [2.05, 4.69) is 10.0 Å². The molecule has 0 spiro atoms. The first-order chi connectivity index (χ1) is 12.6. The molecule has 0 radical (unpaired) electrons. The number of halogens is 2. The van der Waals surface area contributed by atoms with E-state index in [1.165, 1.54) is 30.3 Å². The summed E-state index contributed by atoms with van der Waals surface area (Å²) in [4.78, 5) is 11.4. The summed E-state index contributed by atoms with van der Waals surface area (Å²) in [6.45, 7) is 0.737. The quantitative estimate of drug-likeness (QED) is 0.446. The van der Waals surface area contributed by atoms with E-state index in [0.29, 0.717) is 6.54 Å². The summed E-state index contributed by atoms with van der Waals surface area (Å²) in [5.41, 5.74) is -0.623. The highest BCUT2D eigenvalue weighted by Gasteiger charge is 2.22. The van der Waals surface area contributed by atoms with Crippen LogP contribution in [0.5, 0.6) is 0 Å². The summed E-state index contributed by atoms with van der Waals surface area (Å²) in [6, 6.07) is 7.53. The minimum Gasteiger partial charge on any atom is -0.347 e. The number of likely N-dealkylation sites (N-methyl/N-ethyl adjacent to an activating group) is 1. The molecule has 0 aliphatic carbocycles. The van der Waals surface area contributed by atoms with Gasteiger partial charge >= 0.3 is 0 Å². The standard InChI is InChI=1S/C16H18ClFN4O4S/c1-21(2)9-8-19-27(25,26)11-6-7-13(15(10-11)22(23)24)20-14-5-3-4-12(17)16(14)18/h3-7,10,19-20H,8-9H2,1-2H3/p+1. The molecular formula is C16H19ClFN4O4S+. The number of nitrogens with zero attached hydrogens (tertiary/aromatic N) is 1. The van der Waals surface area contributed by atoms with Crippen molar-refractivity contribution in [2.24, 2.45) is 0 Å². The summed E-state index contributed by atoms with van der Waals surface area (Å²) in [5.74, 6) is -0.766. The van der Waals surface area contributed by atoms with E-state index in [1.807, 2.05) is 14.1 Å². The monoisotopic (exact) mass is 417 g/mol. The molecule has 3 N–H and O–H groups in total. The molecule has 11 heteroatoms. The fraction of sp³-hybridized carbons (Fsp3) is 0.250. The SMILES string of the molecule is C[NH+](C)CCNS(=O)(=O)c1ccc(Nc2cccc(Cl)c2F)c([N+](=O)[O-])c1. The van der Waals surface area contributed by atoms with Gasteiger partial charge in [0.15, 0.2) is 5.82 Å². The minimum absolute atomic E-state index is 0.0575. The molecule has 2 aromatic carbocycles. The fourth-order valence-electron chi connectivity index (χ4n) is 2.20. The van der Waals surface area contributed by atoms with Crippen molar-refractivity contribution < 1.29 is 22.6 Å². The average molecular weight is 418 g/mol. The molecule has 0 saturated carbocycles. The average Bonchev–Trinajstić information content (AvgIpc) is 2.58. The van der Waals surface area contributed by atoms with Gasteiger partial charge in [0.2, 0.25) is 10.0 Å². The van der Waals surface area contributed by atoms with Crippen LogP contribution in [0.4, 0.5) is 21.5 Å². The van der Waals surface area contributed by atoms with Crippen molar-refractivity contribution in [3.63, 3.8) is 0 Å². The van der Waals surface area contributed by atoms with Crippen molar-refractivity contribution in [1.29, 1.82) is 0 Å². The van der Waals surface area contributed by atoms with E-state index in [1.54, 1.807) is 0 Å². The second kappa shape index (κ2) is 8.61. The molecule has 0 aromatic heterocycles. The fourth-order valence-corrected chi connectivity index (χ4v) is 3.43. The summed E-state index contributed by atoms with van der Waals surface area (Å²) in [6.07, 6.45) is 0. The molecular weight excluding hydrogens is 399 g/mol. The highest BCUT2D eigenvalue weighted by molar-refractivity contribution is 7.89. The van der Waals surface area contributed by atoms with Crippen LogP contribution in [-0.2, 0) is 10.0 Å². The van der Waals surface area contributed by atoms with Crippen LogP contribution in [0.1, 0.15) is 0 Å². The maximum atomic E-state index is 14.0. The molecule has 146 valence electrons. The van der Waals surface area contributed by atoms with Gasteiger partial charge in [0.25, 0.3) is 5.69 Å². The predicted molar refractivity (Wildman–Crippen MR) is 101 cm³/mol. The third-order valence-corrected chi connectivity index (χ3v) is 5.36. The van der Waals surface area contributed by atoms with Gasteiger partial charge in [0.05, 0.1) is 47.7 Å². The molecule has 8 nitrogen and oxygen atoms in total. The van der Waals surface area contributed by atoms with E-state index in [0.717, 1.165) is 11.0 Å². The normalized spacial score (nSPS) is 11.6. The Bertz CT molecular complexity index is 953. The van der Waals surface area contributed by atoms with Gasteiger partial charge < -0.3 is 10.2 Å². The molecule has 0 aliphatic heterocycles. The Labute approximate surface area is 161 Å². The summed E-state index contributed by atoms with van der Waals surface area (Å²) in [5, 5.41) is 13.8. The zero-order chi connectivity index (χ0) is 20.2. The van der Waals surface area contributed by atoms with Crippen LogP contribution >= 0.6 is 11.6 Å². The van der Waals surface area contributed by atoms with Gasteiger partial charge in [-0.3, -0.25) is 10.1 Å². The number of sulfonamides is 1. The van der Waals surface area contributed by atoms with Gasteiger partial charge in [-0.05, 0) is 24.3 Å². The lowest BCUT2D eigenvalue weighted by Crippen LogP contribution is -3.06. The Hall–Kier alpha value is -2.27. The first kappa shape index (κ1) is 21.0. The number of benzene rings is 2. The number of nitro groups is 1. The van der Waals surface area contributed by atoms with E-state index < -0.39 is 26.5 Å². The Balaban J connectivity index is 2.34. The van der Waals surface area contributed by atoms with E-state index >= 15 is 0 Å². The first-order valence-electron chi connectivity index (χ1n) is 7.90. The number of anilines is 2. The molecule has 2 rings (SSSR count). The summed E-state index contributed by atoms with van der Waals surface area (Å²) >= 11 is 5.70. The lowest BCUT2D eigenvalue weighted by Gasteiger charge is -2.12. The molecule has 0 bridgehead atoms. The van der Waals surface area contributed by atoms with E-state index in [-0.39, 0.29) is 27.8 Å². The Morgan fingerprint density at radius 2 is 1.93 bits per heavy atom. The molecule has 0 fully saturated rings. The van der Waals surface area contributed by atoms with Crippen LogP contribution in [0.3, 0.4) is 0 Å². The second-order valence-corrected chi connectivity index (χ2v) is 8.19. The molecule has 0 aliphatic rings. The van der Waals surface area contributed by atoms with Crippen LogP contribution in [-0.4, -0.2) is 40.5 Å². The Morgan fingerprint density at radius 3 is 2.56 bits per heavy atom. The maximum absolute atomic E-state index is 14.0. The highest BCUT2D eigenvalue weighted by atomic mass is 35.5. The lowest BCUT2D eigenvalue weighted by atomic mass is 10.2. The van der Waals surface area contributed by atoms with E-state index in [4.69, 9.17) is 11.6 Å². The Kier molecular flexibility index (Phi) is 6.71. The number of hydrogen-bond acceptors (Lipinski definition) is 5. The van der Waals surface area contributed by atoms with Crippen molar-refractivity contribution in [2.75, 3.05) is 32.5 Å². The summed E-state index contributed by atoms with van der Waals surface area (Å²) in [7, 11) is -0.168. The zero-order valence-corrected chi connectivity index (χ0v) is 16.2. The summed E-state index contributed by atoms with van der Waals surface area (Å²) < 4.78 is 41.0. The van der Waals surface area contributed by atoms with Crippen LogP contribution in [0.25, 0.3) is 0 Å². The Morgan fingerprint density at radius 1 is 1.22 bits per heavy atom. The largest absolute Gasteiger partial charge is 0.347 e. The molecule has 27 heavy (non-hydrogen) atoms. The van der Waals surface area contributed by atoms with Gasteiger partial charge in [-0.2, -0.15) is 0 Å². The van der Waals surface area contributed by atoms with Gasteiger partial charge in [-0.15, -0.1) is 0 Å². The van der Waals surface area contributed by atoms with Crippen LogP contribution < -0.4 is 14.9 Å². The van der Waals surface area contributed by atoms with Gasteiger partial charge in [-0.1, -0.05) is 17.7 Å². The third kappa shape index (κ3) is 5.36. The first-order valence-corrected chi connectivity index (χ1v) is 9.76. The number of hydrogen-bond donors (Lipinski definition) is 3. The minimum atomic E-state index is -3.91. The second-order valence-electron chi connectivity index (χ2n) is 6.02. The van der Waals surface area contributed by atoms with Crippen molar-refractivity contribution in [3.8, 4) is 0 Å². The van der Waals surface area contributed by atoms with Crippen LogP contribution in [0.2, 0.25) is 5.02 Å². The van der Waals surface area contributed by atoms with Gasteiger partial charge in [0, 0.05) is 6.07 Å². The van der Waals surface area contributed by atoms with Crippen molar-refractivity contribution in [1.82, 2.24) is 4.72 Å². The third-order valence-electron chi connectivity index (χ3n) is 3.61. The molecule has 0 heterocycles. The molecule has 0 unspecified atom stereocenters. The van der Waals surface area contributed by atoms with Crippen molar-refractivity contribution >= 4 is 38.7 Å². The molecule has 0 amide bonds.